The summed E-state index contributed by atoms with van der Waals surface area (Å²) in [6.45, 7) is 0.706. The number of methoxy groups -OCH3 is 2. The smallest absolute Gasteiger partial charge is 0.231 e. The predicted octanol–water partition coefficient (Wildman–Crippen LogP) is 2.68. The number of amides is 1. The van der Waals surface area contributed by atoms with E-state index < -0.39 is 0 Å². The highest BCUT2D eigenvalue weighted by Crippen LogP contribution is 2.32. The Balaban J connectivity index is 1.50. The van der Waals surface area contributed by atoms with E-state index in [1.165, 1.54) is 0 Å². The summed E-state index contributed by atoms with van der Waals surface area (Å²) in [7, 11) is 3.20. The lowest BCUT2D eigenvalue weighted by molar-refractivity contribution is -0.121. The summed E-state index contributed by atoms with van der Waals surface area (Å²) in [4.78, 5) is 12.1. The van der Waals surface area contributed by atoms with Crippen LogP contribution in [0, 0.1) is 0 Å². The van der Waals surface area contributed by atoms with Crippen molar-refractivity contribution in [3.8, 4) is 23.0 Å². The molecular formula is C19H21NO5. The van der Waals surface area contributed by atoms with Crippen molar-refractivity contribution in [1.29, 1.82) is 0 Å². The first-order chi connectivity index (χ1) is 12.2. The van der Waals surface area contributed by atoms with Crippen molar-refractivity contribution < 1.29 is 23.7 Å². The van der Waals surface area contributed by atoms with Crippen molar-refractivity contribution >= 4 is 5.91 Å². The van der Waals surface area contributed by atoms with E-state index in [4.69, 9.17) is 18.9 Å². The molecule has 0 radical (unpaired) electrons. The van der Waals surface area contributed by atoms with E-state index >= 15 is 0 Å². The molecule has 0 fully saturated rings. The average molecular weight is 343 g/mol. The molecule has 0 aromatic heterocycles. The highest BCUT2D eigenvalue weighted by Gasteiger charge is 2.13. The lowest BCUT2D eigenvalue weighted by Gasteiger charge is -2.10. The van der Waals surface area contributed by atoms with E-state index in [0.29, 0.717) is 30.9 Å². The molecule has 2 aromatic rings. The van der Waals surface area contributed by atoms with Crippen LogP contribution in [0.15, 0.2) is 36.4 Å². The van der Waals surface area contributed by atoms with Crippen LogP contribution in [0.1, 0.15) is 17.5 Å². The van der Waals surface area contributed by atoms with Crippen molar-refractivity contribution in [1.82, 2.24) is 5.32 Å². The molecule has 2 aromatic carbocycles. The molecule has 3 rings (SSSR count). The van der Waals surface area contributed by atoms with Crippen LogP contribution >= 0.6 is 0 Å². The molecule has 1 amide bonds. The summed E-state index contributed by atoms with van der Waals surface area (Å²) >= 11 is 0. The van der Waals surface area contributed by atoms with Gasteiger partial charge in [-0.3, -0.25) is 4.79 Å². The zero-order chi connectivity index (χ0) is 17.6. The quantitative estimate of drug-likeness (QED) is 0.837. The van der Waals surface area contributed by atoms with Gasteiger partial charge in [-0.1, -0.05) is 12.1 Å². The predicted molar refractivity (Wildman–Crippen MR) is 92.3 cm³/mol. The normalized spacial score (nSPS) is 11.9. The Kier molecular flexibility index (Phi) is 5.28. The number of carbonyl (C=O) groups is 1. The van der Waals surface area contributed by atoms with Gasteiger partial charge in [-0.05, 0) is 41.8 Å². The fraction of sp³-hybridized carbons (Fsp3) is 0.316. The van der Waals surface area contributed by atoms with E-state index in [0.717, 1.165) is 22.6 Å². The number of fused-ring (bicyclic) bond motifs is 1. The van der Waals surface area contributed by atoms with Gasteiger partial charge < -0.3 is 24.3 Å². The molecule has 6 heteroatoms. The molecule has 0 bridgehead atoms. The molecule has 0 aliphatic carbocycles. The standard InChI is InChI=1S/C19H21NO5/c1-22-15-6-3-13(9-17(15)23-2)5-8-19(21)20-11-14-4-7-16-18(10-14)25-12-24-16/h3-4,6-7,9-10H,5,8,11-12H2,1-2H3,(H,20,21). The van der Waals surface area contributed by atoms with Crippen LogP contribution in [-0.4, -0.2) is 26.9 Å². The topological polar surface area (TPSA) is 66.0 Å². The highest BCUT2D eigenvalue weighted by atomic mass is 16.7. The molecule has 0 saturated heterocycles. The number of ether oxygens (including phenoxy) is 4. The zero-order valence-electron chi connectivity index (χ0n) is 14.3. The first kappa shape index (κ1) is 17.0. The van der Waals surface area contributed by atoms with Crippen LogP contribution in [0.25, 0.3) is 0 Å². The molecule has 0 atom stereocenters. The van der Waals surface area contributed by atoms with E-state index in [2.05, 4.69) is 5.32 Å². The maximum atomic E-state index is 12.1. The van der Waals surface area contributed by atoms with Gasteiger partial charge >= 0.3 is 0 Å². The number of benzene rings is 2. The van der Waals surface area contributed by atoms with Crippen LogP contribution < -0.4 is 24.3 Å². The lowest BCUT2D eigenvalue weighted by atomic mass is 10.1. The molecule has 0 saturated carbocycles. The molecule has 25 heavy (non-hydrogen) atoms. The van der Waals surface area contributed by atoms with Crippen molar-refractivity contribution in [2.75, 3.05) is 21.0 Å². The van der Waals surface area contributed by atoms with E-state index in [1.54, 1.807) is 14.2 Å². The van der Waals surface area contributed by atoms with Gasteiger partial charge in [0.25, 0.3) is 0 Å². The second-order valence-electron chi connectivity index (χ2n) is 5.65. The van der Waals surface area contributed by atoms with Crippen molar-refractivity contribution in [3.05, 3.63) is 47.5 Å². The lowest BCUT2D eigenvalue weighted by Crippen LogP contribution is -2.22. The maximum Gasteiger partial charge on any atom is 0.231 e. The zero-order valence-corrected chi connectivity index (χ0v) is 14.3. The number of hydrogen-bond donors (Lipinski definition) is 1. The third-order valence-electron chi connectivity index (χ3n) is 4.02. The first-order valence-electron chi connectivity index (χ1n) is 8.05. The minimum atomic E-state index is -0.00699. The van der Waals surface area contributed by atoms with Crippen LogP contribution in [0.4, 0.5) is 0 Å². The van der Waals surface area contributed by atoms with E-state index in [-0.39, 0.29) is 12.7 Å². The Morgan fingerprint density at radius 3 is 2.56 bits per heavy atom. The molecule has 6 nitrogen and oxygen atoms in total. The van der Waals surface area contributed by atoms with E-state index in [1.807, 2.05) is 36.4 Å². The first-order valence-corrected chi connectivity index (χ1v) is 8.05. The van der Waals surface area contributed by atoms with Crippen LogP contribution in [0.5, 0.6) is 23.0 Å². The molecule has 1 heterocycles. The molecule has 1 aliphatic rings. The summed E-state index contributed by atoms with van der Waals surface area (Å²) in [5, 5.41) is 2.92. The van der Waals surface area contributed by atoms with Gasteiger partial charge in [0.1, 0.15) is 0 Å². The van der Waals surface area contributed by atoms with Crippen LogP contribution in [0.3, 0.4) is 0 Å². The Bertz CT molecular complexity index is 759. The van der Waals surface area contributed by atoms with Crippen molar-refractivity contribution in [3.63, 3.8) is 0 Å². The summed E-state index contributed by atoms with van der Waals surface area (Å²) < 4.78 is 21.1. The Morgan fingerprint density at radius 1 is 1.00 bits per heavy atom. The maximum absolute atomic E-state index is 12.1. The van der Waals surface area contributed by atoms with Crippen molar-refractivity contribution in [2.45, 2.75) is 19.4 Å². The fourth-order valence-corrected chi connectivity index (χ4v) is 2.63. The SMILES string of the molecule is COc1ccc(CCC(=O)NCc2ccc3c(c2)OCO3)cc1OC. The van der Waals surface area contributed by atoms with Gasteiger partial charge in [0.05, 0.1) is 14.2 Å². The minimum absolute atomic E-state index is 0.00699. The van der Waals surface area contributed by atoms with Gasteiger partial charge in [0.15, 0.2) is 23.0 Å². The average Bonchev–Trinajstić information content (AvgIpc) is 3.12. The summed E-state index contributed by atoms with van der Waals surface area (Å²) in [5.41, 5.74) is 2.00. The molecule has 1 N–H and O–H groups in total. The van der Waals surface area contributed by atoms with Crippen LogP contribution in [-0.2, 0) is 17.8 Å². The van der Waals surface area contributed by atoms with Gasteiger partial charge in [-0.2, -0.15) is 0 Å². The molecule has 132 valence electrons. The van der Waals surface area contributed by atoms with E-state index in [9.17, 15) is 4.79 Å². The number of aryl methyl sites for hydroxylation is 1. The monoisotopic (exact) mass is 343 g/mol. The number of nitrogens with one attached hydrogen (secondary N) is 1. The molecular weight excluding hydrogens is 322 g/mol. The number of hydrogen-bond acceptors (Lipinski definition) is 5. The Morgan fingerprint density at radius 2 is 1.76 bits per heavy atom. The summed E-state index contributed by atoms with van der Waals surface area (Å²) in [6, 6.07) is 11.3. The minimum Gasteiger partial charge on any atom is -0.493 e. The van der Waals surface area contributed by atoms with Gasteiger partial charge in [0.2, 0.25) is 12.7 Å². The molecule has 1 aliphatic heterocycles. The second-order valence-corrected chi connectivity index (χ2v) is 5.65. The number of carbonyl (C=O) groups excluding carboxylic acids is 1. The Labute approximate surface area is 146 Å². The second kappa shape index (κ2) is 7.79. The molecule has 0 spiro atoms. The largest absolute Gasteiger partial charge is 0.493 e. The van der Waals surface area contributed by atoms with Crippen LogP contribution in [0.2, 0.25) is 0 Å². The van der Waals surface area contributed by atoms with Gasteiger partial charge in [-0.25, -0.2) is 0 Å². The molecule has 0 unspecified atom stereocenters. The highest BCUT2D eigenvalue weighted by molar-refractivity contribution is 5.76. The summed E-state index contributed by atoms with van der Waals surface area (Å²) in [6.07, 6.45) is 1.04. The van der Waals surface area contributed by atoms with Gasteiger partial charge in [-0.15, -0.1) is 0 Å². The summed E-state index contributed by atoms with van der Waals surface area (Å²) in [5.74, 6) is 2.80. The third kappa shape index (κ3) is 4.15. The Hall–Kier alpha value is -2.89. The fourth-order valence-electron chi connectivity index (χ4n) is 2.63. The number of rotatable bonds is 7. The van der Waals surface area contributed by atoms with Gasteiger partial charge in [0, 0.05) is 13.0 Å². The van der Waals surface area contributed by atoms with Crippen molar-refractivity contribution in [2.24, 2.45) is 0 Å². The third-order valence-corrected chi connectivity index (χ3v) is 4.02.